The number of hydrogen-bond acceptors (Lipinski definition) is 3. The molecule has 0 spiro atoms. The minimum atomic E-state index is -0.290. The summed E-state index contributed by atoms with van der Waals surface area (Å²) in [5.74, 6) is 1.33. The molecule has 0 heterocycles. The molecule has 106 valence electrons. The van der Waals surface area contributed by atoms with Gasteiger partial charge in [-0.1, -0.05) is 20.8 Å². The first-order valence-corrected chi connectivity index (χ1v) is 6.93. The van der Waals surface area contributed by atoms with Gasteiger partial charge in [0.1, 0.15) is 0 Å². The first-order valence-electron chi connectivity index (χ1n) is 6.93. The van der Waals surface area contributed by atoms with E-state index in [0.717, 1.165) is 19.4 Å². The van der Waals surface area contributed by atoms with Gasteiger partial charge in [0.05, 0.1) is 12.0 Å². The Morgan fingerprint density at radius 3 is 2.50 bits per heavy atom. The molecule has 0 bridgehead atoms. The predicted molar refractivity (Wildman–Crippen MR) is 73.2 cm³/mol. The highest BCUT2D eigenvalue weighted by atomic mass is 16.5. The van der Waals surface area contributed by atoms with Crippen molar-refractivity contribution in [1.29, 1.82) is 0 Å². The lowest BCUT2D eigenvalue weighted by Crippen LogP contribution is -2.55. The number of rotatable bonds is 7. The van der Waals surface area contributed by atoms with E-state index in [1.54, 1.807) is 7.11 Å². The summed E-state index contributed by atoms with van der Waals surface area (Å²) in [6.45, 7) is 8.97. The van der Waals surface area contributed by atoms with Crippen LogP contribution in [0.3, 0.4) is 0 Å². The Kier molecular flexibility index (Phi) is 5.60. The molecule has 4 heteroatoms. The zero-order valence-electron chi connectivity index (χ0n) is 12.2. The van der Waals surface area contributed by atoms with Crippen molar-refractivity contribution in [1.82, 2.24) is 4.90 Å². The number of nitrogens with zero attached hydrogens (tertiary/aromatic N) is 1. The summed E-state index contributed by atoms with van der Waals surface area (Å²) < 4.78 is 5.10. The topological polar surface area (TPSA) is 55.6 Å². The lowest BCUT2D eigenvalue weighted by atomic mass is 9.61. The minimum Gasteiger partial charge on any atom is -0.383 e. The largest absolute Gasteiger partial charge is 0.383 e. The first kappa shape index (κ1) is 15.4. The van der Waals surface area contributed by atoms with Gasteiger partial charge in [-0.15, -0.1) is 0 Å². The Morgan fingerprint density at radius 1 is 1.50 bits per heavy atom. The van der Waals surface area contributed by atoms with Crippen LogP contribution in [0.15, 0.2) is 0 Å². The molecule has 1 aliphatic carbocycles. The van der Waals surface area contributed by atoms with Crippen LogP contribution in [0.25, 0.3) is 0 Å². The van der Waals surface area contributed by atoms with Crippen LogP contribution in [-0.2, 0) is 9.53 Å². The Balaban J connectivity index is 2.68. The summed E-state index contributed by atoms with van der Waals surface area (Å²) in [5.41, 5.74) is 5.56. The van der Waals surface area contributed by atoms with Gasteiger partial charge in [-0.05, 0) is 24.7 Å². The highest BCUT2D eigenvalue weighted by Gasteiger charge is 2.48. The van der Waals surface area contributed by atoms with Crippen LogP contribution in [0.1, 0.15) is 33.6 Å². The van der Waals surface area contributed by atoms with Crippen LogP contribution < -0.4 is 5.73 Å². The maximum atomic E-state index is 12.7. The van der Waals surface area contributed by atoms with Crippen LogP contribution in [-0.4, -0.2) is 44.2 Å². The van der Waals surface area contributed by atoms with Crippen LogP contribution in [0.2, 0.25) is 0 Å². The Morgan fingerprint density at radius 2 is 2.11 bits per heavy atom. The summed E-state index contributed by atoms with van der Waals surface area (Å²) in [7, 11) is 1.67. The van der Waals surface area contributed by atoms with E-state index in [2.05, 4.69) is 20.8 Å². The van der Waals surface area contributed by atoms with E-state index in [9.17, 15) is 4.79 Å². The van der Waals surface area contributed by atoms with Gasteiger partial charge in [-0.3, -0.25) is 4.79 Å². The van der Waals surface area contributed by atoms with Gasteiger partial charge >= 0.3 is 0 Å². The summed E-state index contributed by atoms with van der Waals surface area (Å²) in [4.78, 5) is 14.6. The van der Waals surface area contributed by atoms with Crippen LogP contribution in [0.4, 0.5) is 0 Å². The van der Waals surface area contributed by atoms with Gasteiger partial charge in [-0.2, -0.15) is 0 Å². The average Bonchev–Trinajstić information content (AvgIpc) is 2.28. The fourth-order valence-electron chi connectivity index (χ4n) is 2.96. The van der Waals surface area contributed by atoms with Crippen LogP contribution in [0, 0.1) is 17.3 Å². The summed E-state index contributed by atoms with van der Waals surface area (Å²) in [6, 6.07) is 0. The Hall–Kier alpha value is -0.610. The molecule has 1 aliphatic rings. The molecule has 0 aromatic carbocycles. The second-order valence-corrected chi connectivity index (χ2v) is 6.14. The van der Waals surface area contributed by atoms with E-state index in [-0.39, 0.29) is 11.3 Å². The van der Waals surface area contributed by atoms with E-state index < -0.39 is 0 Å². The molecular weight excluding hydrogens is 228 g/mol. The number of amides is 1. The molecule has 0 aromatic heterocycles. The van der Waals surface area contributed by atoms with Crippen molar-refractivity contribution < 1.29 is 9.53 Å². The Bertz CT molecular complexity index is 273. The van der Waals surface area contributed by atoms with E-state index in [1.807, 2.05) is 4.90 Å². The van der Waals surface area contributed by atoms with Crippen LogP contribution in [0.5, 0.6) is 0 Å². The van der Waals surface area contributed by atoms with Crippen molar-refractivity contribution in [2.24, 2.45) is 23.0 Å². The zero-order chi connectivity index (χ0) is 13.8. The number of carbonyl (C=O) groups excluding carboxylic acids is 1. The SMILES string of the molecule is COCCN(CC(C)C)C(=O)C1(CN)CC(C)C1. The molecular formula is C14H28N2O2. The fraction of sp³-hybridized carbons (Fsp3) is 0.929. The molecule has 0 aromatic rings. The maximum absolute atomic E-state index is 12.7. The van der Waals surface area contributed by atoms with Crippen molar-refractivity contribution >= 4 is 5.91 Å². The third-order valence-electron chi connectivity index (χ3n) is 3.76. The number of methoxy groups -OCH3 is 1. The molecule has 0 unspecified atom stereocenters. The van der Waals surface area contributed by atoms with Crippen LogP contribution >= 0.6 is 0 Å². The maximum Gasteiger partial charge on any atom is 0.230 e. The van der Waals surface area contributed by atoms with Crippen molar-refractivity contribution in [2.45, 2.75) is 33.6 Å². The predicted octanol–water partition coefficient (Wildman–Crippen LogP) is 1.49. The molecule has 4 nitrogen and oxygen atoms in total. The fourth-order valence-corrected chi connectivity index (χ4v) is 2.96. The van der Waals surface area contributed by atoms with E-state index in [1.165, 1.54) is 0 Å². The second kappa shape index (κ2) is 6.53. The number of nitrogens with two attached hydrogens (primary N) is 1. The van der Waals surface area contributed by atoms with Gasteiger partial charge in [0.25, 0.3) is 0 Å². The third-order valence-corrected chi connectivity index (χ3v) is 3.76. The molecule has 0 atom stereocenters. The minimum absolute atomic E-state index is 0.230. The summed E-state index contributed by atoms with van der Waals surface area (Å²) in [5, 5.41) is 0. The van der Waals surface area contributed by atoms with Gasteiger partial charge < -0.3 is 15.4 Å². The smallest absolute Gasteiger partial charge is 0.230 e. The normalized spacial score (nSPS) is 27.1. The number of carbonyl (C=O) groups is 1. The van der Waals surface area contributed by atoms with E-state index in [0.29, 0.717) is 31.5 Å². The lowest BCUT2D eigenvalue weighted by Gasteiger charge is -2.47. The monoisotopic (exact) mass is 256 g/mol. The molecule has 2 N–H and O–H groups in total. The quantitative estimate of drug-likeness (QED) is 0.751. The molecule has 0 aliphatic heterocycles. The van der Waals surface area contributed by atoms with Gasteiger partial charge in [0.2, 0.25) is 5.91 Å². The Labute approximate surface area is 111 Å². The van der Waals surface area contributed by atoms with Gasteiger partial charge in [0, 0.05) is 26.7 Å². The number of hydrogen-bond donors (Lipinski definition) is 1. The van der Waals surface area contributed by atoms with Gasteiger partial charge in [0.15, 0.2) is 0 Å². The molecule has 0 saturated heterocycles. The zero-order valence-corrected chi connectivity index (χ0v) is 12.2. The third kappa shape index (κ3) is 3.45. The summed E-state index contributed by atoms with van der Waals surface area (Å²) >= 11 is 0. The summed E-state index contributed by atoms with van der Waals surface area (Å²) in [6.07, 6.45) is 1.87. The molecule has 1 saturated carbocycles. The molecule has 0 radical (unpaired) electrons. The molecule has 1 fully saturated rings. The molecule has 1 rings (SSSR count). The van der Waals surface area contributed by atoms with E-state index in [4.69, 9.17) is 10.5 Å². The average molecular weight is 256 g/mol. The van der Waals surface area contributed by atoms with E-state index >= 15 is 0 Å². The van der Waals surface area contributed by atoms with Crippen molar-refractivity contribution in [3.05, 3.63) is 0 Å². The van der Waals surface area contributed by atoms with Crippen molar-refractivity contribution in [3.63, 3.8) is 0 Å². The van der Waals surface area contributed by atoms with Crippen molar-refractivity contribution in [2.75, 3.05) is 33.4 Å². The first-order chi connectivity index (χ1) is 8.45. The number of ether oxygens (including phenoxy) is 1. The molecule has 1 amide bonds. The van der Waals surface area contributed by atoms with Gasteiger partial charge in [-0.25, -0.2) is 0 Å². The van der Waals surface area contributed by atoms with Crippen molar-refractivity contribution in [3.8, 4) is 0 Å². The standard InChI is InChI=1S/C14H28N2O2/c1-11(2)9-16(5-6-18-4)13(17)14(10-15)7-12(3)8-14/h11-12H,5-10,15H2,1-4H3. The highest BCUT2D eigenvalue weighted by Crippen LogP contribution is 2.46. The molecule has 18 heavy (non-hydrogen) atoms. The second-order valence-electron chi connectivity index (χ2n) is 6.14. The highest BCUT2D eigenvalue weighted by molar-refractivity contribution is 5.84. The lowest BCUT2D eigenvalue weighted by molar-refractivity contribution is -0.150.